The molecule has 0 amide bonds. The van der Waals surface area contributed by atoms with Gasteiger partial charge in [-0.2, -0.15) is 0 Å². The van der Waals surface area contributed by atoms with E-state index < -0.39 is 0 Å². The van der Waals surface area contributed by atoms with E-state index in [4.69, 9.17) is 20.0 Å². The Morgan fingerprint density at radius 1 is 0.208 bits per heavy atom. The molecule has 125 heavy (non-hydrogen) atoms. The van der Waals surface area contributed by atoms with E-state index >= 15 is 0 Å². The van der Waals surface area contributed by atoms with Gasteiger partial charge in [-0.05, 0) is 98.6 Å². The largest absolute Gasteiger partial charge is 2.00 e. The van der Waals surface area contributed by atoms with Crippen LogP contribution in [0.15, 0.2) is 188 Å². The van der Waals surface area contributed by atoms with Gasteiger partial charge in [0.15, 0.2) is 0 Å². The number of anilines is 4. The van der Waals surface area contributed by atoms with Crippen LogP contribution >= 0.6 is 0 Å². The van der Waals surface area contributed by atoms with E-state index in [2.05, 4.69) is 195 Å². The fraction of sp³-hybridized carbons (Fsp3) is 0.621. The number of hydrogen-bond donors (Lipinski definition) is 4. The summed E-state index contributed by atoms with van der Waals surface area (Å²) < 4.78 is 0. The third-order valence-electron chi connectivity index (χ3n) is 26.7. The molecular formula is C116H176N8Zn+2. The first-order valence-electron chi connectivity index (χ1n) is 53.0. The number of para-hydroxylation sites is 4. The van der Waals surface area contributed by atoms with Gasteiger partial charge in [0.25, 0.3) is 0 Å². The molecule has 0 radical (unpaired) electrons. The number of hydrogen-bond acceptors (Lipinski definition) is 8. The van der Waals surface area contributed by atoms with Crippen molar-refractivity contribution in [1.29, 1.82) is 0 Å². The molecule has 8 bridgehead atoms. The van der Waals surface area contributed by atoms with Crippen molar-refractivity contribution in [1.82, 2.24) is 0 Å². The Bertz CT molecular complexity index is 3990. The topological polar surface area (TPSA) is 97.6 Å². The first-order chi connectivity index (χ1) is 61.6. The van der Waals surface area contributed by atoms with Crippen LogP contribution in [0.5, 0.6) is 0 Å². The van der Waals surface area contributed by atoms with E-state index in [1.54, 1.807) is 0 Å². The zero-order valence-electron chi connectivity index (χ0n) is 80.4. The summed E-state index contributed by atoms with van der Waals surface area (Å²) in [5.41, 5.74) is 20.3. The number of fused-ring (bicyclic) bond motifs is 4. The van der Waals surface area contributed by atoms with Crippen LogP contribution in [0.3, 0.4) is 0 Å². The number of nitrogens with one attached hydrogen (secondary N) is 4. The summed E-state index contributed by atoms with van der Waals surface area (Å²) in [5, 5.41) is 16.5. The van der Waals surface area contributed by atoms with Crippen molar-refractivity contribution in [2.45, 2.75) is 439 Å². The molecule has 5 aliphatic heterocycles. The van der Waals surface area contributed by atoms with Crippen LogP contribution in [0.4, 0.5) is 22.7 Å². The predicted octanol–water partition coefficient (Wildman–Crippen LogP) is 36.4. The zero-order valence-corrected chi connectivity index (χ0v) is 83.4. The van der Waals surface area contributed by atoms with Crippen LogP contribution in [0.2, 0.25) is 0 Å². The minimum absolute atomic E-state index is 0. The van der Waals surface area contributed by atoms with Gasteiger partial charge >= 0.3 is 19.5 Å². The molecule has 0 atom stereocenters. The summed E-state index contributed by atoms with van der Waals surface area (Å²) >= 11 is 0. The second-order valence-electron chi connectivity index (χ2n) is 37.5. The zero-order chi connectivity index (χ0) is 86.3. The Labute approximate surface area is 778 Å². The number of unbranched alkanes of at least 4 members (excludes halogenated alkanes) is 60. The number of nitrogens with zero attached hydrogens (tertiary/aromatic N) is 4. The maximum absolute atomic E-state index is 6.28. The van der Waals surface area contributed by atoms with Crippen molar-refractivity contribution in [3.63, 3.8) is 0 Å². The molecule has 8 nitrogen and oxygen atoms in total. The maximum atomic E-state index is 6.28. The average molecular weight is 1750 g/mol. The summed E-state index contributed by atoms with van der Waals surface area (Å²) in [5.74, 6) is 0. The van der Waals surface area contributed by atoms with Crippen LogP contribution in [0.1, 0.15) is 461 Å². The molecule has 5 heterocycles. The second kappa shape index (κ2) is 67.5. The molecule has 0 unspecified atom stereocenters. The third-order valence-corrected chi connectivity index (χ3v) is 26.7. The standard InChI is InChI=1S/C116H176N8.Zn/c1-5-9-13-17-21-25-29-33-37-41-45-49-53-57-61-73-89-117-107-81-69-65-77-102(107)106-95-101-94-99-86-85-97(121-99)93-98-87-88-100(122-98)96-111-112(103-78-66-70-82-108(103)118-90-74-62-58-54-50-46-42-38-34-30-26-22-18-14-10-6-2)113(104-79-67-71-83-109(104)119-91-75-63-59-55-51-47-43-39-35-31-27-23-19-15-11-7-3)116(124-111)114(115(106)123-101)105-80-68-72-84-110(105)120-92-76-64-60-56-52-48-44-40-36-32-28-24-20-16-12-8-4;/h65-72,77-88,93-96,117-120H,5-64,73-76,89-92H2,1-4H3;/q;+2. The monoisotopic (exact) mass is 1750 g/mol. The van der Waals surface area contributed by atoms with Crippen molar-refractivity contribution in [3.05, 3.63) is 191 Å². The summed E-state index contributed by atoms with van der Waals surface area (Å²) in [7, 11) is 0. The molecule has 680 valence electrons. The van der Waals surface area contributed by atoms with Gasteiger partial charge in [0.1, 0.15) is 0 Å². The van der Waals surface area contributed by atoms with E-state index in [-0.39, 0.29) is 19.5 Å². The quantitative estimate of drug-likeness (QED) is 0.0262. The van der Waals surface area contributed by atoms with Gasteiger partial charge in [-0.1, -0.05) is 486 Å². The van der Waals surface area contributed by atoms with Gasteiger partial charge in [-0.15, -0.1) is 0 Å². The summed E-state index contributed by atoms with van der Waals surface area (Å²) in [6, 6.07) is 36.6. The molecule has 4 aromatic rings. The normalized spacial score (nSPS) is 14.0. The number of rotatable bonds is 76. The molecule has 0 spiro atoms. The van der Waals surface area contributed by atoms with Crippen LogP contribution in [0.25, 0.3) is 22.3 Å². The van der Waals surface area contributed by atoms with Gasteiger partial charge < -0.3 is 21.3 Å². The maximum Gasteiger partial charge on any atom is 2.00 e. The number of benzene rings is 4. The fourth-order valence-electron chi connectivity index (χ4n) is 19.1. The smallest absolute Gasteiger partial charge is 0.385 e. The third kappa shape index (κ3) is 40.9. The Kier molecular flexibility index (Phi) is 56.0. The Balaban J connectivity index is 0.0000194. The van der Waals surface area contributed by atoms with E-state index in [1.165, 1.54) is 385 Å². The average Bonchev–Trinajstić information content (AvgIpc) is 1.59. The summed E-state index contributed by atoms with van der Waals surface area (Å²) in [6.07, 6.45) is 104. The molecule has 0 aromatic heterocycles. The molecule has 0 fully saturated rings. The van der Waals surface area contributed by atoms with Gasteiger partial charge in [0.2, 0.25) is 0 Å². The molecule has 4 aromatic carbocycles. The number of allylic oxidation sites excluding steroid dienone is 12. The Hall–Kier alpha value is -6.70. The Morgan fingerprint density at radius 3 is 0.752 bits per heavy atom. The molecule has 9 heteroatoms. The van der Waals surface area contributed by atoms with Gasteiger partial charge in [0.05, 0.1) is 45.6 Å². The predicted molar refractivity (Wildman–Crippen MR) is 552 cm³/mol. The van der Waals surface area contributed by atoms with Crippen LogP contribution in [-0.4, -0.2) is 49.0 Å². The molecule has 0 aliphatic carbocycles. The molecule has 4 N–H and O–H groups in total. The molecule has 0 saturated heterocycles. The first-order valence-corrected chi connectivity index (χ1v) is 53.0. The minimum Gasteiger partial charge on any atom is -0.385 e. The van der Waals surface area contributed by atoms with E-state index in [0.717, 1.165) is 165 Å². The Morgan fingerprint density at radius 2 is 0.448 bits per heavy atom. The van der Waals surface area contributed by atoms with Crippen molar-refractivity contribution in [3.8, 4) is 0 Å². The number of aliphatic imine (C=N–C) groups is 4. The van der Waals surface area contributed by atoms with Crippen LogP contribution in [-0.2, 0) is 19.5 Å². The van der Waals surface area contributed by atoms with Crippen molar-refractivity contribution in [2.75, 3.05) is 47.4 Å². The van der Waals surface area contributed by atoms with E-state index in [9.17, 15) is 0 Å². The van der Waals surface area contributed by atoms with E-state index in [0.29, 0.717) is 0 Å². The van der Waals surface area contributed by atoms with Crippen molar-refractivity contribution < 1.29 is 19.5 Å². The molecule has 9 rings (SSSR count). The second-order valence-corrected chi connectivity index (χ2v) is 37.5. The van der Waals surface area contributed by atoms with Gasteiger partial charge in [-0.3, -0.25) is 0 Å². The summed E-state index contributed by atoms with van der Waals surface area (Å²) in [4.78, 5) is 22.9. The summed E-state index contributed by atoms with van der Waals surface area (Å²) in [6.45, 7) is 12.8. The molecule has 5 aliphatic rings. The SMILES string of the molecule is CCCCCCCCCCCCCCCCCCNc1ccccc1C1=CC2=CC3=NC(=CC4=NC(=CC5=NC(=C(c6ccccc6NCCCCCCCCCCCCCCCCCC)C1=N2)C(c1ccccc1NCCCCCCCCCCCCCCCCCC)=C5c1ccccc1NCCCCCCCCCCCCCCCCCC)C=C4)C=C3.[Zn+2]. The molecule has 0 saturated carbocycles. The van der Waals surface area contributed by atoms with Gasteiger partial charge in [0, 0.05) is 93.5 Å². The van der Waals surface area contributed by atoms with Gasteiger partial charge in [-0.25, -0.2) is 20.0 Å². The van der Waals surface area contributed by atoms with Crippen LogP contribution in [0, 0.1) is 0 Å². The van der Waals surface area contributed by atoms with Crippen LogP contribution < -0.4 is 21.3 Å². The first kappa shape index (κ1) is 104. The van der Waals surface area contributed by atoms with Crippen molar-refractivity contribution in [2.24, 2.45) is 20.0 Å². The fourth-order valence-corrected chi connectivity index (χ4v) is 19.1. The van der Waals surface area contributed by atoms with E-state index in [1.807, 2.05) is 0 Å². The molecular weight excluding hydrogens is 1570 g/mol. The minimum atomic E-state index is 0. The van der Waals surface area contributed by atoms with Crippen molar-refractivity contribution >= 4 is 67.9 Å².